The van der Waals surface area contributed by atoms with Gasteiger partial charge in [-0.3, -0.25) is 4.98 Å². The van der Waals surface area contributed by atoms with E-state index >= 15 is 0 Å². The van der Waals surface area contributed by atoms with Crippen molar-refractivity contribution >= 4 is 20.8 Å². The van der Waals surface area contributed by atoms with E-state index in [1.165, 1.54) is 0 Å². The van der Waals surface area contributed by atoms with E-state index in [4.69, 9.17) is 4.74 Å². The van der Waals surface area contributed by atoms with E-state index in [9.17, 15) is 8.42 Å². The van der Waals surface area contributed by atoms with Crippen LogP contribution in [0, 0.1) is 0 Å². The Morgan fingerprint density at radius 2 is 1.88 bits per heavy atom. The Kier molecular flexibility index (Phi) is 5.31. The molecule has 5 nitrogen and oxygen atoms in total. The Labute approximate surface area is 147 Å². The Balaban J connectivity index is 1.69. The summed E-state index contributed by atoms with van der Waals surface area (Å²) in [5.41, 5.74) is 1.05. The van der Waals surface area contributed by atoms with Crippen LogP contribution >= 0.6 is 0 Å². The third-order valence-corrected chi connectivity index (χ3v) is 5.39. The zero-order chi connectivity index (χ0) is 17.7. The molecular formula is C19H20N2O3S. The molecule has 0 aliphatic carbocycles. The maximum absolute atomic E-state index is 12.6. The number of pyridine rings is 1. The van der Waals surface area contributed by atoms with Gasteiger partial charge in [-0.15, -0.1) is 0 Å². The Morgan fingerprint density at radius 3 is 2.64 bits per heavy atom. The first kappa shape index (κ1) is 17.4. The maximum atomic E-state index is 12.6. The quantitative estimate of drug-likeness (QED) is 0.706. The van der Waals surface area contributed by atoms with Gasteiger partial charge in [-0.05, 0) is 43.2 Å². The van der Waals surface area contributed by atoms with Crippen LogP contribution in [0.3, 0.4) is 0 Å². The highest BCUT2D eigenvalue weighted by Crippen LogP contribution is 2.21. The van der Waals surface area contributed by atoms with Crippen LogP contribution in [0.1, 0.15) is 12.5 Å². The summed E-state index contributed by atoms with van der Waals surface area (Å²) >= 11 is 0. The smallest absolute Gasteiger partial charge is 0.241 e. The number of hydrogen-bond donors (Lipinski definition) is 1. The third-order valence-electron chi connectivity index (χ3n) is 3.87. The van der Waals surface area contributed by atoms with E-state index in [0.29, 0.717) is 25.0 Å². The number of nitrogens with one attached hydrogen (secondary N) is 1. The lowest BCUT2D eigenvalue weighted by Crippen LogP contribution is -2.26. The third kappa shape index (κ3) is 4.15. The molecule has 0 radical (unpaired) electrons. The summed E-state index contributed by atoms with van der Waals surface area (Å²) in [6, 6.07) is 14.6. The summed E-state index contributed by atoms with van der Waals surface area (Å²) in [5.74, 6) is 0.816. The molecule has 2 aromatic carbocycles. The molecule has 0 saturated carbocycles. The van der Waals surface area contributed by atoms with Crippen molar-refractivity contribution in [3.8, 4) is 5.75 Å². The second-order valence-electron chi connectivity index (χ2n) is 5.58. The van der Waals surface area contributed by atoms with E-state index < -0.39 is 10.0 Å². The van der Waals surface area contributed by atoms with Crippen molar-refractivity contribution in [1.29, 1.82) is 0 Å². The molecule has 0 unspecified atom stereocenters. The maximum Gasteiger partial charge on any atom is 0.241 e. The lowest BCUT2D eigenvalue weighted by atomic mass is 10.1. The predicted molar refractivity (Wildman–Crippen MR) is 98.2 cm³/mol. The van der Waals surface area contributed by atoms with Gasteiger partial charge in [0.2, 0.25) is 10.0 Å². The van der Waals surface area contributed by atoms with Crippen molar-refractivity contribution in [3.05, 3.63) is 66.5 Å². The van der Waals surface area contributed by atoms with Crippen LogP contribution in [0.4, 0.5) is 0 Å². The van der Waals surface area contributed by atoms with E-state index in [1.807, 2.05) is 37.3 Å². The van der Waals surface area contributed by atoms with Gasteiger partial charge >= 0.3 is 0 Å². The molecule has 0 saturated heterocycles. The first-order valence-electron chi connectivity index (χ1n) is 8.14. The van der Waals surface area contributed by atoms with E-state index in [0.717, 1.165) is 16.7 Å². The minimum absolute atomic E-state index is 0.277. The molecule has 1 aromatic heterocycles. The first-order valence-corrected chi connectivity index (χ1v) is 9.62. The fourth-order valence-electron chi connectivity index (χ4n) is 2.65. The molecule has 6 heteroatoms. The Hall–Kier alpha value is -2.44. The molecule has 0 aliphatic rings. The zero-order valence-electron chi connectivity index (χ0n) is 14.0. The Bertz CT molecular complexity index is 949. The summed E-state index contributed by atoms with van der Waals surface area (Å²) in [7, 11) is -3.58. The SMILES string of the molecule is CCOc1ccc(CCNS(=O)(=O)c2cccc3cnccc23)cc1. The minimum atomic E-state index is -3.58. The van der Waals surface area contributed by atoms with Gasteiger partial charge in [0, 0.05) is 29.7 Å². The summed E-state index contributed by atoms with van der Waals surface area (Å²) in [5, 5.41) is 1.47. The number of fused-ring (bicyclic) bond motifs is 1. The average molecular weight is 356 g/mol. The van der Waals surface area contributed by atoms with Gasteiger partial charge in [-0.25, -0.2) is 13.1 Å². The number of sulfonamides is 1. The van der Waals surface area contributed by atoms with Crippen LogP contribution < -0.4 is 9.46 Å². The molecule has 0 spiro atoms. The highest BCUT2D eigenvalue weighted by atomic mass is 32.2. The first-order chi connectivity index (χ1) is 12.1. The highest BCUT2D eigenvalue weighted by Gasteiger charge is 2.16. The topological polar surface area (TPSA) is 68.3 Å². The van der Waals surface area contributed by atoms with Gasteiger partial charge in [0.15, 0.2) is 0 Å². The molecule has 0 atom stereocenters. The normalized spacial score (nSPS) is 11.6. The fourth-order valence-corrected chi connectivity index (χ4v) is 3.91. The van der Waals surface area contributed by atoms with Crippen LogP contribution in [0.5, 0.6) is 5.75 Å². The summed E-state index contributed by atoms with van der Waals surface area (Å²) in [4.78, 5) is 4.31. The Morgan fingerprint density at radius 1 is 1.08 bits per heavy atom. The van der Waals surface area contributed by atoms with E-state index in [1.54, 1.807) is 30.6 Å². The molecule has 3 aromatic rings. The van der Waals surface area contributed by atoms with E-state index in [-0.39, 0.29) is 4.90 Å². The highest BCUT2D eigenvalue weighted by molar-refractivity contribution is 7.89. The molecule has 25 heavy (non-hydrogen) atoms. The standard InChI is InChI=1S/C19H20N2O3S/c1-2-24-17-8-6-15(7-9-17)10-13-21-25(22,23)19-5-3-4-16-14-20-12-11-18(16)19/h3-9,11-12,14,21H,2,10,13H2,1H3. The van der Waals surface area contributed by atoms with Gasteiger partial charge in [0.05, 0.1) is 11.5 Å². The monoisotopic (exact) mass is 356 g/mol. The molecule has 0 bridgehead atoms. The predicted octanol–water partition coefficient (Wildman–Crippen LogP) is 3.15. The average Bonchev–Trinajstić information content (AvgIpc) is 2.63. The molecule has 0 amide bonds. The molecule has 1 N–H and O–H groups in total. The van der Waals surface area contributed by atoms with Crippen molar-refractivity contribution in [3.63, 3.8) is 0 Å². The fraction of sp³-hybridized carbons (Fsp3) is 0.211. The summed E-state index contributed by atoms with van der Waals surface area (Å²) < 4.78 is 33.3. The zero-order valence-corrected chi connectivity index (χ0v) is 14.8. The lowest BCUT2D eigenvalue weighted by Gasteiger charge is -2.10. The molecule has 130 valence electrons. The number of hydrogen-bond acceptors (Lipinski definition) is 4. The minimum Gasteiger partial charge on any atom is -0.494 e. The van der Waals surface area contributed by atoms with Gasteiger partial charge in [0.25, 0.3) is 0 Å². The van der Waals surface area contributed by atoms with Gasteiger partial charge < -0.3 is 4.74 Å². The van der Waals surface area contributed by atoms with Gasteiger partial charge in [0.1, 0.15) is 5.75 Å². The van der Waals surface area contributed by atoms with E-state index in [2.05, 4.69) is 9.71 Å². The van der Waals surface area contributed by atoms with Crippen molar-refractivity contribution in [2.75, 3.05) is 13.2 Å². The molecular weight excluding hydrogens is 336 g/mol. The molecule has 1 heterocycles. The van der Waals surface area contributed by atoms with Gasteiger partial charge in [-0.2, -0.15) is 0 Å². The number of rotatable bonds is 7. The summed E-state index contributed by atoms with van der Waals surface area (Å²) in [6.45, 7) is 2.89. The van der Waals surface area contributed by atoms with Crippen LogP contribution in [-0.4, -0.2) is 26.6 Å². The summed E-state index contributed by atoms with van der Waals surface area (Å²) in [6.07, 6.45) is 3.87. The molecule has 0 fully saturated rings. The van der Waals surface area contributed by atoms with Crippen molar-refractivity contribution in [2.45, 2.75) is 18.2 Å². The lowest BCUT2D eigenvalue weighted by molar-refractivity contribution is 0.340. The number of ether oxygens (including phenoxy) is 1. The second kappa shape index (κ2) is 7.63. The number of aromatic nitrogens is 1. The van der Waals surface area contributed by atoms with Crippen molar-refractivity contribution in [1.82, 2.24) is 9.71 Å². The molecule has 0 aliphatic heterocycles. The van der Waals surface area contributed by atoms with Crippen LogP contribution in [-0.2, 0) is 16.4 Å². The van der Waals surface area contributed by atoms with Crippen LogP contribution in [0.2, 0.25) is 0 Å². The number of benzene rings is 2. The number of nitrogens with zero attached hydrogens (tertiary/aromatic N) is 1. The van der Waals surface area contributed by atoms with Crippen LogP contribution in [0.25, 0.3) is 10.8 Å². The second-order valence-corrected chi connectivity index (χ2v) is 7.31. The van der Waals surface area contributed by atoms with Crippen molar-refractivity contribution in [2.24, 2.45) is 0 Å². The van der Waals surface area contributed by atoms with Gasteiger partial charge in [-0.1, -0.05) is 24.3 Å². The van der Waals surface area contributed by atoms with Crippen molar-refractivity contribution < 1.29 is 13.2 Å². The molecule has 3 rings (SSSR count). The van der Waals surface area contributed by atoms with Crippen LogP contribution in [0.15, 0.2) is 65.8 Å². The largest absolute Gasteiger partial charge is 0.494 e.